The second kappa shape index (κ2) is 7.88. The van der Waals surface area contributed by atoms with Crippen molar-refractivity contribution >= 4 is 17.9 Å². The number of carbonyl (C=O) groups is 3. The third kappa shape index (κ3) is 5.94. The van der Waals surface area contributed by atoms with Crippen LogP contribution in [0.25, 0.3) is 0 Å². The minimum Gasteiger partial charge on any atom is -0.445 e. The second-order valence-corrected chi connectivity index (χ2v) is 4.56. The molecule has 0 unspecified atom stereocenters. The van der Waals surface area contributed by atoms with Crippen molar-refractivity contribution in [3.63, 3.8) is 0 Å². The third-order valence-electron chi connectivity index (χ3n) is 2.73. The van der Waals surface area contributed by atoms with Crippen molar-refractivity contribution in [3.8, 4) is 0 Å². The predicted octanol–water partition coefficient (Wildman–Crippen LogP) is 0.291. The van der Waals surface area contributed by atoms with Gasteiger partial charge in [0.1, 0.15) is 18.7 Å². The Bertz CT molecular complexity index is 504. The van der Waals surface area contributed by atoms with Crippen LogP contribution >= 0.6 is 0 Å². The number of alkyl carbamates (subject to hydrolysis) is 1. The van der Waals surface area contributed by atoms with Gasteiger partial charge in [-0.1, -0.05) is 30.3 Å². The molecule has 0 radical (unpaired) electrons. The molecule has 1 aromatic rings. The van der Waals surface area contributed by atoms with E-state index in [0.29, 0.717) is 0 Å². The van der Waals surface area contributed by atoms with E-state index in [9.17, 15) is 14.4 Å². The van der Waals surface area contributed by atoms with Crippen LogP contribution in [0.1, 0.15) is 19.4 Å². The van der Waals surface area contributed by atoms with E-state index in [2.05, 4.69) is 10.6 Å². The zero-order chi connectivity index (χ0) is 15.8. The summed E-state index contributed by atoms with van der Waals surface area (Å²) in [4.78, 5) is 34.1. The van der Waals surface area contributed by atoms with Crippen LogP contribution in [-0.4, -0.2) is 30.0 Å². The summed E-state index contributed by atoms with van der Waals surface area (Å²) in [5, 5.41) is 4.74. The molecule has 21 heavy (non-hydrogen) atoms. The molecule has 0 bridgehead atoms. The van der Waals surface area contributed by atoms with Gasteiger partial charge in [0.05, 0.1) is 0 Å². The van der Waals surface area contributed by atoms with E-state index in [-0.39, 0.29) is 6.61 Å². The van der Waals surface area contributed by atoms with E-state index >= 15 is 0 Å². The Morgan fingerprint density at radius 3 is 2.29 bits per heavy atom. The van der Waals surface area contributed by atoms with Gasteiger partial charge in [0.2, 0.25) is 11.8 Å². The van der Waals surface area contributed by atoms with Crippen molar-refractivity contribution in [2.45, 2.75) is 32.5 Å². The SMILES string of the molecule is C[C@H](NC(=O)[C@@H](C)NC(=O)OCc1ccccc1)C(N)=O. The highest BCUT2D eigenvalue weighted by atomic mass is 16.5. The first-order chi connectivity index (χ1) is 9.90. The van der Waals surface area contributed by atoms with Crippen LogP contribution < -0.4 is 16.4 Å². The number of primary amides is 1. The van der Waals surface area contributed by atoms with Crippen molar-refractivity contribution in [3.05, 3.63) is 35.9 Å². The fraction of sp³-hybridized carbons (Fsp3) is 0.357. The standard InChI is InChI=1S/C14H19N3O4/c1-9(12(15)18)16-13(19)10(2)17-14(20)21-8-11-6-4-3-5-7-11/h3-7,9-10H,8H2,1-2H3,(H2,15,18)(H,16,19)(H,17,20)/t9-,10+/m0/s1. The number of nitrogens with one attached hydrogen (secondary N) is 2. The monoisotopic (exact) mass is 293 g/mol. The van der Waals surface area contributed by atoms with E-state index in [0.717, 1.165) is 5.56 Å². The molecule has 0 aliphatic rings. The topological polar surface area (TPSA) is 111 Å². The molecule has 1 rings (SSSR count). The van der Waals surface area contributed by atoms with Crippen LogP contribution in [0.15, 0.2) is 30.3 Å². The quantitative estimate of drug-likeness (QED) is 0.700. The molecule has 0 fully saturated rings. The zero-order valence-corrected chi connectivity index (χ0v) is 12.0. The van der Waals surface area contributed by atoms with Gasteiger partial charge in [0.15, 0.2) is 0 Å². The minimum atomic E-state index is -0.838. The largest absolute Gasteiger partial charge is 0.445 e. The van der Waals surface area contributed by atoms with Gasteiger partial charge in [-0.3, -0.25) is 9.59 Å². The van der Waals surface area contributed by atoms with Gasteiger partial charge in [0, 0.05) is 0 Å². The van der Waals surface area contributed by atoms with Crippen molar-refractivity contribution in [1.29, 1.82) is 0 Å². The molecule has 7 nitrogen and oxygen atoms in total. The molecule has 114 valence electrons. The van der Waals surface area contributed by atoms with Gasteiger partial charge in [-0.2, -0.15) is 0 Å². The van der Waals surface area contributed by atoms with Crippen LogP contribution in [0.5, 0.6) is 0 Å². The molecule has 0 saturated carbocycles. The van der Waals surface area contributed by atoms with Gasteiger partial charge in [0.25, 0.3) is 0 Å². The molecule has 7 heteroatoms. The van der Waals surface area contributed by atoms with Crippen molar-refractivity contribution in [2.24, 2.45) is 5.73 Å². The molecule has 0 aromatic heterocycles. The number of benzene rings is 1. The summed E-state index contributed by atoms with van der Waals surface area (Å²) in [6.45, 7) is 3.05. The van der Waals surface area contributed by atoms with Gasteiger partial charge in [-0.05, 0) is 19.4 Å². The van der Waals surface area contributed by atoms with Gasteiger partial charge in [-0.25, -0.2) is 4.79 Å². The number of amides is 3. The average Bonchev–Trinajstić information content (AvgIpc) is 2.45. The first-order valence-electron chi connectivity index (χ1n) is 6.47. The Morgan fingerprint density at radius 1 is 1.10 bits per heavy atom. The molecule has 2 atom stereocenters. The molecule has 4 N–H and O–H groups in total. The summed E-state index contributed by atoms with van der Waals surface area (Å²) in [5.74, 6) is -1.17. The number of hydrogen-bond acceptors (Lipinski definition) is 4. The third-order valence-corrected chi connectivity index (χ3v) is 2.73. The van der Waals surface area contributed by atoms with E-state index in [1.807, 2.05) is 30.3 Å². The van der Waals surface area contributed by atoms with Crippen molar-refractivity contribution in [1.82, 2.24) is 10.6 Å². The van der Waals surface area contributed by atoms with Crippen LogP contribution in [0.2, 0.25) is 0 Å². The van der Waals surface area contributed by atoms with E-state index in [1.54, 1.807) is 0 Å². The number of rotatable bonds is 6. The predicted molar refractivity (Wildman–Crippen MR) is 76.0 cm³/mol. The smallest absolute Gasteiger partial charge is 0.408 e. The van der Waals surface area contributed by atoms with Crippen LogP contribution in [0.4, 0.5) is 4.79 Å². The molecular weight excluding hydrogens is 274 g/mol. The molecule has 0 saturated heterocycles. The lowest BCUT2D eigenvalue weighted by Gasteiger charge is -2.16. The molecule has 0 aliphatic heterocycles. The molecule has 0 aliphatic carbocycles. The Kier molecular flexibility index (Phi) is 6.19. The van der Waals surface area contributed by atoms with Crippen LogP contribution in [-0.2, 0) is 20.9 Å². The Morgan fingerprint density at radius 2 is 1.71 bits per heavy atom. The van der Waals surface area contributed by atoms with Gasteiger partial charge >= 0.3 is 6.09 Å². The lowest BCUT2D eigenvalue weighted by Crippen LogP contribution is -2.50. The summed E-state index contributed by atoms with van der Waals surface area (Å²) < 4.78 is 4.98. The van der Waals surface area contributed by atoms with E-state index in [4.69, 9.17) is 10.5 Å². The summed E-state index contributed by atoms with van der Waals surface area (Å²) in [7, 11) is 0. The van der Waals surface area contributed by atoms with Gasteiger partial charge < -0.3 is 21.1 Å². The first kappa shape index (κ1) is 16.5. The van der Waals surface area contributed by atoms with Crippen LogP contribution in [0.3, 0.4) is 0 Å². The molecule has 0 heterocycles. The first-order valence-corrected chi connectivity index (χ1v) is 6.47. The number of nitrogens with two attached hydrogens (primary N) is 1. The number of carbonyl (C=O) groups excluding carboxylic acids is 3. The highest BCUT2D eigenvalue weighted by Crippen LogP contribution is 2.00. The fourth-order valence-corrected chi connectivity index (χ4v) is 1.42. The van der Waals surface area contributed by atoms with E-state index in [1.165, 1.54) is 13.8 Å². The normalized spacial score (nSPS) is 12.9. The minimum absolute atomic E-state index is 0.110. The summed E-state index contributed by atoms with van der Waals surface area (Å²) in [6.07, 6.45) is -0.715. The molecule has 0 spiro atoms. The average molecular weight is 293 g/mol. The Labute approximate surface area is 122 Å². The Balaban J connectivity index is 2.36. The summed E-state index contributed by atoms with van der Waals surface area (Å²) in [5.41, 5.74) is 5.87. The molecule has 1 aromatic carbocycles. The Hall–Kier alpha value is -2.57. The van der Waals surface area contributed by atoms with Crippen LogP contribution in [0, 0.1) is 0 Å². The maximum absolute atomic E-state index is 11.7. The van der Waals surface area contributed by atoms with Gasteiger partial charge in [-0.15, -0.1) is 0 Å². The van der Waals surface area contributed by atoms with Crippen molar-refractivity contribution in [2.75, 3.05) is 0 Å². The molecular formula is C14H19N3O4. The van der Waals surface area contributed by atoms with E-state index < -0.39 is 30.0 Å². The highest BCUT2D eigenvalue weighted by molar-refractivity contribution is 5.90. The lowest BCUT2D eigenvalue weighted by molar-refractivity contribution is -0.127. The second-order valence-electron chi connectivity index (χ2n) is 4.56. The summed E-state index contributed by atoms with van der Waals surface area (Å²) >= 11 is 0. The lowest BCUT2D eigenvalue weighted by atomic mass is 10.2. The molecule has 3 amide bonds. The van der Waals surface area contributed by atoms with Crippen molar-refractivity contribution < 1.29 is 19.1 Å². The maximum Gasteiger partial charge on any atom is 0.408 e. The highest BCUT2D eigenvalue weighted by Gasteiger charge is 2.19. The maximum atomic E-state index is 11.7. The summed E-state index contributed by atoms with van der Waals surface area (Å²) in [6, 6.07) is 7.51. The number of hydrogen-bond donors (Lipinski definition) is 3. The zero-order valence-electron chi connectivity index (χ0n) is 12.0. The number of ether oxygens (including phenoxy) is 1. The fourth-order valence-electron chi connectivity index (χ4n) is 1.42.